The molecule has 0 radical (unpaired) electrons. The van der Waals surface area contributed by atoms with E-state index in [9.17, 15) is 9.59 Å². The van der Waals surface area contributed by atoms with Crippen LogP contribution in [0.1, 0.15) is 43.7 Å². The molecule has 0 spiro atoms. The van der Waals surface area contributed by atoms with Gasteiger partial charge in [0.25, 0.3) is 11.8 Å². The maximum atomic E-state index is 13.8. The maximum absolute atomic E-state index is 13.8. The van der Waals surface area contributed by atoms with E-state index in [1.165, 1.54) is 10.5 Å². The largest absolute Gasteiger partial charge is 0.496 e. The zero-order valence-electron chi connectivity index (χ0n) is 20.2. The third-order valence-electron chi connectivity index (χ3n) is 6.84. The molecule has 0 N–H and O–H groups in total. The first-order valence-electron chi connectivity index (χ1n) is 11.6. The van der Waals surface area contributed by atoms with E-state index in [1.54, 1.807) is 7.11 Å². The summed E-state index contributed by atoms with van der Waals surface area (Å²) in [6.07, 6.45) is 1.89. The van der Waals surface area contributed by atoms with Gasteiger partial charge < -0.3 is 14.5 Å². The van der Waals surface area contributed by atoms with Crippen LogP contribution < -0.4 is 9.64 Å². The number of likely N-dealkylation sites (tertiary alicyclic amines) is 1. The number of rotatable bonds is 6. The lowest BCUT2D eigenvalue weighted by Gasteiger charge is -2.36. The second-order valence-corrected chi connectivity index (χ2v) is 9.26. The summed E-state index contributed by atoms with van der Waals surface area (Å²) >= 11 is 0. The molecule has 0 aliphatic carbocycles. The number of hydrogen-bond donors (Lipinski definition) is 0. The van der Waals surface area contributed by atoms with Crippen molar-refractivity contribution in [1.82, 2.24) is 9.80 Å². The lowest BCUT2D eigenvalue weighted by molar-refractivity contribution is -0.120. The summed E-state index contributed by atoms with van der Waals surface area (Å²) in [5.41, 5.74) is 3.27. The Bertz CT molecular complexity index is 1070. The molecule has 2 aromatic carbocycles. The van der Waals surface area contributed by atoms with Gasteiger partial charge in [-0.1, -0.05) is 44.2 Å². The Morgan fingerprint density at radius 2 is 1.61 bits per heavy atom. The summed E-state index contributed by atoms with van der Waals surface area (Å²) < 4.78 is 5.57. The summed E-state index contributed by atoms with van der Waals surface area (Å²) in [7, 11) is 5.64. The Hall–Kier alpha value is -3.12. The Balaban J connectivity index is 1.79. The Kier molecular flexibility index (Phi) is 6.56. The number of methoxy groups -OCH3 is 1. The molecular formula is C27H33N3O3. The van der Waals surface area contributed by atoms with Crippen molar-refractivity contribution in [1.29, 1.82) is 0 Å². The molecule has 33 heavy (non-hydrogen) atoms. The van der Waals surface area contributed by atoms with Gasteiger partial charge in [-0.3, -0.25) is 9.59 Å². The van der Waals surface area contributed by atoms with Crippen molar-refractivity contribution in [2.45, 2.75) is 38.6 Å². The molecule has 4 rings (SSSR count). The normalized spacial score (nSPS) is 17.9. The van der Waals surface area contributed by atoms with Gasteiger partial charge in [0.2, 0.25) is 0 Å². The molecule has 2 aromatic rings. The van der Waals surface area contributed by atoms with Gasteiger partial charge in [-0.25, -0.2) is 4.90 Å². The average molecular weight is 448 g/mol. The molecule has 2 aliphatic heterocycles. The highest BCUT2D eigenvalue weighted by molar-refractivity contribution is 6.45. The van der Waals surface area contributed by atoms with Crippen molar-refractivity contribution in [3.63, 3.8) is 0 Å². The van der Waals surface area contributed by atoms with Gasteiger partial charge >= 0.3 is 0 Å². The van der Waals surface area contributed by atoms with E-state index in [0.717, 1.165) is 25.9 Å². The summed E-state index contributed by atoms with van der Waals surface area (Å²) in [5.74, 6) is 0.369. The molecule has 6 nitrogen and oxygen atoms in total. The van der Waals surface area contributed by atoms with Crippen LogP contribution in [0.4, 0.5) is 5.69 Å². The van der Waals surface area contributed by atoms with E-state index in [0.29, 0.717) is 34.2 Å². The topological polar surface area (TPSA) is 53.1 Å². The fourth-order valence-electron chi connectivity index (χ4n) is 4.75. The van der Waals surface area contributed by atoms with Crippen molar-refractivity contribution >= 4 is 23.1 Å². The molecular weight excluding hydrogens is 414 g/mol. The lowest BCUT2D eigenvalue weighted by atomic mass is 9.99. The highest BCUT2D eigenvalue weighted by Crippen LogP contribution is 2.39. The molecule has 0 atom stereocenters. The Labute approximate surface area is 196 Å². The number of hydrogen-bond acceptors (Lipinski definition) is 5. The van der Waals surface area contributed by atoms with Gasteiger partial charge in [-0.2, -0.15) is 0 Å². The SMILES string of the molecule is COc1ccccc1C1=C(N(C)C2CCN(C)CC2)C(=O)N(c2ccc(C(C)C)cc2)C1=O. The van der Waals surface area contributed by atoms with Crippen LogP contribution >= 0.6 is 0 Å². The number of amides is 2. The average Bonchev–Trinajstić information content (AvgIpc) is 3.08. The van der Waals surface area contributed by atoms with Crippen molar-refractivity contribution < 1.29 is 14.3 Å². The number of anilines is 1. The van der Waals surface area contributed by atoms with E-state index >= 15 is 0 Å². The van der Waals surface area contributed by atoms with Gasteiger partial charge in [0.1, 0.15) is 11.4 Å². The Morgan fingerprint density at radius 1 is 0.970 bits per heavy atom. The first-order valence-corrected chi connectivity index (χ1v) is 11.6. The van der Waals surface area contributed by atoms with Crippen LogP contribution in [0.25, 0.3) is 5.57 Å². The van der Waals surface area contributed by atoms with E-state index in [2.05, 4.69) is 25.8 Å². The predicted molar refractivity (Wildman–Crippen MR) is 131 cm³/mol. The summed E-state index contributed by atoms with van der Waals surface area (Å²) in [6, 6.07) is 15.3. The van der Waals surface area contributed by atoms with Crippen molar-refractivity contribution in [3.8, 4) is 5.75 Å². The fraction of sp³-hybridized carbons (Fsp3) is 0.407. The summed E-state index contributed by atoms with van der Waals surface area (Å²) in [5, 5.41) is 0. The number of para-hydroxylation sites is 1. The van der Waals surface area contributed by atoms with Crippen molar-refractivity contribution in [2.75, 3.05) is 39.2 Å². The molecule has 0 unspecified atom stereocenters. The summed E-state index contributed by atoms with van der Waals surface area (Å²) in [6.45, 7) is 6.18. The lowest BCUT2D eigenvalue weighted by Crippen LogP contribution is -2.43. The molecule has 0 bridgehead atoms. The zero-order chi connectivity index (χ0) is 23.7. The van der Waals surface area contributed by atoms with Gasteiger partial charge in [-0.05, 0) is 62.7 Å². The third kappa shape index (κ3) is 4.27. The number of likely N-dealkylation sites (N-methyl/N-ethyl adjacent to an activating group) is 1. The number of imide groups is 1. The van der Waals surface area contributed by atoms with Gasteiger partial charge in [0.15, 0.2) is 0 Å². The van der Waals surface area contributed by atoms with Crippen LogP contribution in [0, 0.1) is 0 Å². The van der Waals surface area contributed by atoms with Crippen LogP contribution in [0.5, 0.6) is 5.75 Å². The van der Waals surface area contributed by atoms with Crippen LogP contribution in [0.15, 0.2) is 54.2 Å². The minimum absolute atomic E-state index is 0.195. The Morgan fingerprint density at radius 3 is 2.21 bits per heavy atom. The van der Waals surface area contributed by atoms with Crippen LogP contribution in [-0.2, 0) is 9.59 Å². The third-order valence-corrected chi connectivity index (χ3v) is 6.84. The number of ether oxygens (including phenoxy) is 1. The first-order chi connectivity index (χ1) is 15.8. The molecule has 2 amide bonds. The van der Waals surface area contributed by atoms with E-state index in [-0.39, 0.29) is 17.9 Å². The van der Waals surface area contributed by atoms with Crippen LogP contribution in [-0.4, -0.2) is 62.0 Å². The smallest absolute Gasteiger partial charge is 0.282 e. The highest BCUT2D eigenvalue weighted by Gasteiger charge is 2.44. The van der Waals surface area contributed by atoms with E-state index in [4.69, 9.17) is 4.74 Å². The zero-order valence-corrected chi connectivity index (χ0v) is 20.2. The molecule has 1 saturated heterocycles. The second-order valence-electron chi connectivity index (χ2n) is 9.26. The number of carbonyl (C=O) groups is 2. The van der Waals surface area contributed by atoms with Crippen molar-refractivity contribution in [3.05, 3.63) is 65.4 Å². The van der Waals surface area contributed by atoms with Crippen molar-refractivity contribution in [2.24, 2.45) is 0 Å². The fourth-order valence-corrected chi connectivity index (χ4v) is 4.75. The molecule has 0 aromatic heterocycles. The quantitative estimate of drug-likeness (QED) is 0.624. The van der Waals surface area contributed by atoms with Crippen LogP contribution in [0.2, 0.25) is 0 Å². The van der Waals surface area contributed by atoms with Gasteiger partial charge in [-0.15, -0.1) is 0 Å². The number of benzene rings is 2. The molecule has 6 heteroatoms. The molecule has 0 saturated carbocycles. The van der Waals surface area contributed by atoms with Gasteiger partial charge in [0, 0.05) is 18.7 Å². The minimum Gasteiger partial charge on any atom is -0.496 e. The predicted octanol–water partition coefficient (Wildman–Crippen LogP) is 4.13. The first kappa shape index (κ1) is 23.1. The number of piperidine rings is 1. The summed E-state index contributed by atoms with van der Waals surface area (Å²) in [4.78, 5) is 33.3. The molecule has 2 heterocycles. The number of nitrogens with zero attached hydrogens (tertiary/aromatic N) is 3. The van der Waals surface area contributed by atoms with Gasteiger partial charge in [0.05, 0.1) is 18.4 Å². The van der Waals surface area contributed by atoms with Crippen LogP contribution in [0.3, 0.4) is 0 Å². The molecule has 2 aliphatic rings. The standard InChI is InChI=1S/C27H33N3O3/c1-18(2)19-10-12-21(13-11-19)30-26(31)24(22-8-6-7-9-23(22)33-5)25(27(30)32)29(4)20-14-16-28(3)17-15-20/h6-13,18,20H,14-17H2,1-5H3. The van der Waals surface area contributed by atoms with E-state index < -0.39 is 0 Å². The minimum atomic E-state index is -0.309. The monoisotopic (exact) mass is 447 g/mol. The maximum Gasteiger partial charge on any atom is 0.282 e. The second kappa shape index (κ2) is 9.40. The van der Waals surface area contributed by atoms with E-state index in [1.807, 2.05) is 60.5 Å². The highest BCUT2D eigenvalue weighted by atomic mass is 16.5. The molecule has 1 fully saturated rings. The number of carbonyl (C=O) groups excluding carboxylic acids is 2. The molecule has 174 valence electrons.